The summed E-state index contributed by atoms with van der Waals surface area (Å²) in [6.45, 7) is 18.2. The molecule has 6 heteroatoms. The summed E-state index contributed by atoms with van der Waals surface area (Å²) < 4.78 is 0. The minimum atomic E-state index is -0.981. The van der Waals surface area contributed by atoms with Gasteiger partial charge < -0.3 is 19.5 Å². The first kappa shape index (κ1) is 36.0. The van der Waals surface area contributed by atoms with Crippen LogP contribution < -0.4 is 0 Å². The second-order valence-corrected chi connectivity index (χ2v) is 1.50. The van der Waals surface area contributed by atoms with Crippen molar-refractivity contribution in [2.45, 2.75) is 6.92 Å². The predicted octanol–water partition coefficient (Wildman–Crippen LogP) is 1.38. The summed E-state index contributed by atoms with van der Waals surface area (Å²) in [5, 5.41) is 7.60. The van der Waals surface area contributed by atoms with Crippen molar-refractivity contribution in [3.63, 3.8) is 0 Å². The van der Waals surface area contributed by atoms with Gasteiger partial charge in [-0.25, -0.2) is 23.9 Å². The van der Waals surface area contributed by atoms with Crippen molar-refractivity contribution in [2.24, 2.45) is 0 Å². The molecule has 1 N–H and O–H groups in total. The van der Waals surface area contributed by atoms with Crippen molar-refractivity contribution < 1.29 is 41.4 Å². The molecule has 0 fully saturated rings. The molecule has 102 valence electrons. The number of hydrogen-bond donors (Lipinski definition) is 1. The Bertz CT molecular complexity index is 188. The Morgan fingerprint density at radius 3 is 1.44 bits per heavy atom. The fourth-order valence-corrected chi connectivity index (χ4v) is 0.190. The summed E-state index contributed by atoms with van der Waals surface area (Å²) in [5.41, 5.74) is 0. The average Bonchev–Trinajstić information content (AvgIpc) is 2.43. The van der Waals surface area contributed by atoms with Crippen molar-refractivity contribution in [3.8, 4) is 0 Å². The van der Waals surface area contributed by atoms with Gasteiger partial charge in [-0.2, -0.15) is 0 Å². The summed E-state index contributed by atoms with van der Waals surface area (Å²) in [6.07, 6.45) is 8.37. The van der Waals surface area contributed by atoms with Gasteiger partial charge in [0.05, 0.1) is 0 Å². The summed E-state index contributed by atoms with van der Waals surface area (Å²) in [4.78, 5) is 32.5. The molecular formula is C12H16FeO5. The number of carbonyl (C=O) groups excluding carboxylic acids is 3. The molecule has 0 aliphatic heterocycles. The fourth-order valence-electron chi connectivity index (χ4n) is 0.190. The van der Waals surface area contributed by atoms with Crippen LogP contribution in [0, 0.1) is 6.92 Å². The number of carbonyl (C=O) groups is 1. The second kappa shape index (κ2) is 80.8. The van der Waals surface area contributed by atoms with E-state index in [4.69, 9.17) is 19.5 Å². The first-order chi connectivity index (χ1) is 8.18. The maximum absolute atomic E-state index is 9.25. The van der Waals surface area contributed by atoms with Crippen LogP contribution in [0.3, 0.4) is 0 Å². The summed E-state index contributed by atoms with van der Waals surface area (Å²) in [6, 6.07) is 0. The third-order valence-corrected chi connectivity index (χ3v) is 0.614. The Labute approximate surface area is 119 Å². The van der Waals surface area contributed by atoms with E-state index in [9.17, 15) is 4.79 Å². The molecule has 0 bridgehead atoms. The molecule has 0 unspecified atom stereocenters. The Balaban J connectivity index is -0.0000000274. The van der Waals surface area contributed by atoms with E-state index in [1.807, 2.05) is 25.2 Å². The Morgan fingerprint density at radius 2 is 1.39 bits per heavy atom. The molecule has 0 aliphatic carbocycles. The van der Waals surface area contributed by atoms with Crippen LogP contribution in [0.25, 0.3) is 0 Å². The number of hydrogen-bond acceptors (Lipinski definition) is 4. The quantitative estimate of drug-likeness (QED) is 0.273. The van der Waals surface area contributed by atoms with Crippen molar-refractivity contribution in [3.05, 3.63) is 43.9 Å². The van der Waals surface area contributed by atoms with E-state index in [1.165, 1.54) is 0 Å². The zero-order chi connectivity index (χ0) is 15.1. The molecule has 0 aromatic heterocycles. The number of allylic oxidation sites excluding steroid dienone is 4. The molecule has 0 saturated heterocycles. The van der Waals surface area contributed by atoms with E-state index in [-0.39, 0.29) is 17.1 Å². The molecule has 18 heavy (non-hydrogen) atoms. The van der Waals surface area contributed by atoms with Crippen LogP contribution in [0.4, 0.5) is 0 Å². The SMILES string of the molecule is C=CC(=O)O.[CH-]=O.[CH-]=O.[CH-]=O.[CH2-]C=CC=CC.[Fe+4]. The number of rotatable bonds is 2. The number of carboxylic acids is 1. The number of aliphatic carboxylic acids is 1. The smallest absolute Gasteiger partial charge is 0.545 e. The van der Waals surface area contributed by atoms with Gasteiger partial charge in [0.2, 0.25) is 0 Å². The van der Waals surface area contributed by atoms with Crippen LogP contribution in [-0.2, 0) is 36.2 Å². The molecular weight excluding hydrogens is 280 g/mol. The van der Waals surface area contributed by atoms with Gasteiger partial charge >= 0.3 is 23.0 Å². The molecule has 0 amide bonds. The van der Waals surface area contributed by atoms with Gasteiger partial charge in [-0.1, -0.05) is 6.58 Å². The molecule has 0 aromatic rings. The third kappa shape index (κ3) is 253. The van der Waals surface area contributed by atoms with E-state index in [1.54, 1.807) is 6.08 Å². The number of carboxylic acid groups (broad SMARTS) is 1. The van der Waals surface area contributed by atoms with Gasteiger partial charge in [0.15, 0.2) is 0 Å². The van der Waals surface area contributed by atoms with Crippen molar-refractivity contribution in [1.29, 1.82) is 0 Å². The minimum absolute atomic E-state index is 0. The molecule has 0 saturated carbocycles. The molecule has 0 heterocycles. The van der Waals surface area contributed by atoms with E-state index >= 15 is 0 Å². The third-order valence-electron chi connectivity index (χ3n) is 0.614. The molecule has 0 spiro atoms. The van der Waals surface area contributed by atoms with Gasteiger partial charge in [0.1, 0.15) is 0 Å². The molecule has 0 atom stereocenters. The summed E-state index contributed by atoms with van der Waals surface area (Å²) >= 11 is 0. The molecule has 0 rings (SSSR count). The van der Waals surface area contributed by atoms with Crippen molar-refractivity contribution in [1.82, 2.24) is 0 Å². The largest absolute Gasteiger partial charge is 4.00 e. The fraction of sp³-hybridized carbons (Fsp3) is 0.0833. The predicted molar refractivity (Wildman–Crippen MR) is 67.4 cm³/mol. The average molecular weight is 296 g/mol. The normalized spacial score (nSPS) is 6.28. The van der Waals surface area contributed by atoms with Gasteiger partial charge in [-0.3, -0.25) is 20.4 Å². The molecule has 0 aliphatic rings. The van der Waals surface area contributed by atoms with E-state index < -0.39 is 5.97 Å². The minimum Gasteiger partial charge on any atom is -0.545 e. The first-order valence-corrected chi connectivity index (χ1v) is 3.82. The standard InChI is InChI=1S/C6H9.C3H4O2.3CHO.Fe/c1-3-5-6-4-2;1-2-3(4)5;3*1-2;/h3-6H,1H2,2H3;2H,1H2,(H,4,5);3*1H;/q-1;;3*-1;+4. The van der Waals surface area contributed by atoms with Crippen molar-refractivity contribution in [2.75, 3.05) is 0 Å². The van der Waals surface area contributed by atoms with Gasteiger partial charge in [0.25, 0.3) is 0 Å². The van der Waals surface area contributed by atoms with Crippen molar-refractivity contribution >= 4 is 26.3 Å². The Morgan fingerprint density at radius 1 is 1.11 bits per heavy atom. The van der Waals surface area contributed by atoms with Crippen LogP contribution in [0.1, 0.15) is 6.92 Å². The van der Waals surface area contributed by atoms with Crippen LogP contribution in [0.5, 0.6) is 0 Å². The topological polar surface area (TPSA) is 88.5 Å². The first-order valence-electron chi connectivity index (χ1n) is 3.82. The van der Waals surface area contributed by atoms with E-state index in [0.717, 1.165) is 6.08 Å². The van der Waals surface area contributed by atoms with E-state index in [0.29, 0.717) is 0 Å². The van der Waals surface area contributed by atoms with Crippen LogP contribution >= 0.6 is 0 Å². The molecule has 0 radical (unpaired) electrons. The van der Waals surface area contributed by atoms with Gasteiger partial charge in [-0.15, -0.1) is 12.2 Å². The summed E-state index contributed by atoms with van der Waals surface area (Å²) in [7, 11) is 0. The zero-order valence-corrected chi connectivity index (χ0v) is 11.1. The van der Waals surface area contributed by atoms with Crippen LogP contribution in [0.2, 0.25) is 0 Å². The monoisotopic (exact) mass is 296 g/mol. The summed E-state index contributed by atoms with van der Waals surface area (Å²) in [5.74, 6) is -0.981. The van der Waals surface area contributed by atoms with E-state index in [2.05, 4.69) is 33.9 Å². The van der Waals surface area contributed by atoms with Crippen LogP contribution in [-0.4, -0.2) is 31.4 Å². The Kier molecular flexibility index (Phi) is 162. The van der Waals surface area contributed by atoms with Gasteiger partial charge in [0, 0.05) is 6.08 Å². The molecule has 0 aromatic carbocycles. The molecule has 5 nitrogen and oxygen atoms in total. The second-order valence-electron chi connectivity index (χ2n) is 1.50. The maximum atomic E-state index is 9.25. The Hall–Kier alpha value is -1.91. The zero-order valence-electron chi connectivity index (χ0n) is 9.97. The van der Waals surface area contributed by atoms with Gasteiger partial charge in [-0.05, 0) is 6.92 Å². The van der Waals surface area contributed by atoms with Crippen LogP contribution in [0.15, 0.2) is 37.0 Å². The maximum Gasteiger partial charge on any atom is 4.00 e.